The van der Waals surface area contributed by atoms with E-state index in [-0.39, 0.29) is 24.3 Å². The minimum Gasteiger partial charge on any atom is -0.497 e. The van der Waals surface area contributed by atoms with Crippen molar-refractivity contribution >= 4 is 11.8 Å². The van der Waals surface area contributed by atoms with Gasteiger partial charge < -0.3 is 15.0 Å². The highest BCUT2D eigenvalue weighted by Gasteiger charge is 2.19. The van der Waals surface area contributed by atoms with E-state index in [2.05, 4.69) is 12.2 Å². The van der Waals surface area contributed by atoms with Crippen LogP contribution in [0.5, 0.6) is 5.75 Å². The lowest BCUT2D eigenvalue weighted by atomic mass is 10.0. The maximum absolute atomic E-state index is 12.3. The van der Waals surface area contributed by atoms with Gasteiger partial charge in [-0.2, -0.15) is 0 Å². The van der Waals surface area contributed by atoms with Crippen molar-refractivity contribution in [1.82, 2.24) is 10.2 Å². The van der Waals surface area contributed by atoms with Crippen LogP contribution in [-0.2, 0) is 9.59 Å². The molecular formula is C17H26N2O3. The summed E-state index contributed by atoms with van der Waals surface area (Å²) < 4.78 is 5.13. The Morgan fingerprint density at radius 1 is 1.27 bits per heavy atom. The van der Waals surface area contributed by atoms with Gasteiger partial charge in [0.05, 0.1) is 19.6 Å². The highest BCUT2D eigenvalue weighted by molar-refractivity contribution is 5.79. The normalized spacial score (nSPS) is 11.6. The van der Waals surface area contributed by atoms with E-state index in [1.165, 1.54) is 6.92 Å². The summed E-state index contributed by atoms with van der Waals surface area (Å²) >= 11 is 0. The average molecular weight is 306 g/mol. The Morgan fingerprint density at radius 2 is 1.91 bits per heavy atom. The van der Waals surface area contributed by atoms with Gasteiger partial charge >= 0.3 is 0 Å². The maximum Gasteiger partial charge on any atom is 0.224 e. The Kier molecular flexibility index (Phi) is 7.43. The number of nitrogens with one attached hydrogen (secondary N) is 1. The van der Waals surface area contributed by atoms with Crippen LogP contribution < -0.4 is 10.1 Å². The van der Waals surface area contributed by atoms with Gasteiger partial charge in [-0.15, -0.1) is 0 Å². The monoisotopic (exact) mass is 306 g/mol. The molecule has 0 aliphatic heterocycles. The van der Waals surface area contributed by atoms with E-state index < -0.39 is 0 Å². The summed E-state index contributed by atoms with van der Waals surface area (Å²) in [4.78, 5) is 25.4. The van der Waals surface area contributed by atoms with Crippen LogP contribution in [0, 0.1) is 0 Å². The molecule has 0 aromatic heterocycles. The van der Waals surface area contributed by atoms with Gasteiger partial charge in [-0.05, 0) is 24.1 Å². The van der Waals surface area contributed by atoms with E-state index in [1.54, 1.807) is 19.1 Å². The van der Waals surface area contributed by atoms with Crippen molar-refractivity contribution < 1.29 is 14.3 Å². The van der Waals surface area contributed by atoms with Gasteiger partial charge in [0.25, 0.3) is 0 Å². The SMILES string of the molecule is CCCCN(C)C(=O)CC(NC(C)=O)c1ccc(OC)cc1. The second-order valence-corrected chi connectivity index (χ2v) is 5.40. The first-order chi connectivity index (χ1) is 10.5. The van der Waals surface area contributed by atoms with E-state index in [9.17, 15) is 9.59 Å². The molecular weight excluding hydrogens is 280 g/mol. The Labute approximate surface area is 132 Å². The molecule has 1 atom stereocenters. The van der Waals surface area contributed by atoms with Crippen LogP contribution in [0.15, 0.2) is 24.3 Å². The molecule has 1 N–H and O–H groups in total. The number of rotatable bonds is 8. The molecule has 0 aliphatic carbocycles. The minimum atomic E-state index is -0.319. The Balaban J connectivity index is 2.79. The number of benzene rings is 1. The molecule has 0 bridgehead atoms. The third kappa shape index (κ3) is 5.76. The van der Waals surface area contributed by atoms with E-state index in [0.29, 0.717) is 0 Å². The van der Waals surface area contributed by atoms with Crippen LogP contribution in [0.4, 0.5) is 0 Å². The van der Waals surface area contributed by atoms with Crippen LogP contribution >= 0.6 is 0 Å². The van der Waals surface area contributed by atoms with Crippen LogP contribution in [0.1, 0.15) is 44.7 Å². The molecule has 0 fully saturated rings. The van der Waals surface area contributed by atoms with Gasteiger partial charge in [0.2, 0.25) is 11.8 Å². The molecule has 0 saturated heterocycles. The number of unbranched alkanes of at least 4 members (excludes halogenated alkanes) is 1. The van der Waals surface area contributed by atoms with Crippen molar-refractivity contribution in [2.75, 3.05) is 20.7 Å². The zero-order valence-corrected chi connectivity index (χ0v) is 13.9. The van der Waals surface area contributed by atoms with Crippen molar-refractivity contribution in [1.29, 1.82) is 0 Å². The number of amides is 2. The fraction of sp³-hybridized carbons (Fsp3) is 0.529. The summed E-state index contributed by atoms with van der Waals surface area (Å²) in [6.45, 7) is 4.29. The molecule has 0 saturated carbocycles. The van der Waals surface area contributed by atoms with Crippen molar-refractivity contribution in [3.8, 4) is 5.75 Å². The lowest BCUT2D eigenvalue weighted by molar-refractivity contribution is -0.130. The van der Waals surface area contributed by atoms with Crippen LogP contribution in [0.2, 0.25) is 0 Å². The number of nitrogens with zero attached hydrogens (tertiary/aromatic N) is 1. The predicted octanol–water partition coefficient (Wildman–Crippen LogP) is 2.52. The molecule has 0 radical (unpaired) electrons. The first-order valence-electron chi connectivity index (χ1n) is 7.63. The molecule has 0 aliphatic rings. The number of hydrogen-bond acceptors (Lipinski definition) is 3. The van der Waals surface area contributed by atoms with Gasteiger partial charge in [-0.25, -0.2) is 0 Å². The third-order valence-corrected chi connectivity index (χ3v) is 3.55. The number of methoxy groups -OCH3 is 1. The molecule has 22 heavy (non-hydrogen) atoms. The third-order valence-electron chi connectivity index (χ3n) is 3.55. The maximum atomic E-state index is 12.3. The van der Waals surface area contributed by atoms with Crippen LogP contribution in [0.25, 0.3) is 0 Å². The molecule has 122 valence electrons. The first-order valence-corrected chi connectivity index (χ1v) is 7.63. The van der Waals surface area contributed by atoms with Gasteiger partial charge in [0.15, 0.2) is 0 Å². The predicted molar refractivity (Wildman–Crippen MR) is 86.7 cm³/mol. The Morgan fingerprint density at radius 3 is 2.41 bits per heavy atom. The smallest absolute Gasteiger partial charge is 0.224 e. The summed E-state index contributed by atoms with van der Waals surface area (Å²) in [5.41, 5.74) is 0.897. The number of hydrogen-bond donors (Lipinski definition) is 1. The number of ether oxygens (including phenoxy) is 1. The summed E-state index contributed by atoms with van der Waals surface area (Å²) in [5, 5.41) is 2.85. The van der Waals surface area contributed by atoms with E-state index in [0.717, 1.165) is 30.7 Å². The highest BCUT2D eigenvalue weighted by atomic mass is 16.5. The van der Waals surface area contributed by atoms with Crippen LogP contribution in [0.3, 0.4) is 0 Å². The van der Waals surface area contributed by atoms with E-state index in [1.807, 2.05) is 24.3 Å². The minimum absolute atomic E-state index is 0.0306. The zero-order valence-electron chi connectivity index (χ0n) is 13.9. The molecule has 5 nitrogen and oxygen atoms in total. The molecule has 5 heteroatoms. The van der Waals surface area contributed by atoms with Gasteiger partial charge in [0.1, 0.15) is 5.75 Å². The summed E-state index contributed by atoms with van der Waals surface area (Å²) in [6.07, 6.45) is 2.28. The second kappa shape index (κ2) is 9.07. The molecule has 0 heterocycles. The topological polar surface area (TPSA) is 58.6 Å². The lowest BCUT2D eigenvalue weighted by Gasteiger charge is -2.22. The van der Waals surface area contributed by atoms with Crippen molar-refractivity contribution in [3.05, 3.63) is 29.8 Å². The van der Waals surface area contributed by atoms with Gasteiger partial charge in [-0.3, -0.25) is 9.59 Å². The molecule has 1 aromatic rings. The molecule has 1 rings (SSSR count). The van der Waals surface area contributed by atoms with Gasteiger partial charge in [-0.1, -0.05) is 25.5 Å². The number of carbonyl (C=O) groups excluding carboxylic acids is 2. The standard InChI is InChI=1S/C17H26N2O3/c1-5-6-11-19(3)17(21)12-16(18-13(2)20)14-7-9-15(22-4)10-8-14/h7-10,16H,5-6,11-12H2,1-4H3,(H,18,20). The van der Waals surface area contributed by atoms with Crippen molar-refractivity contribution in [3.63, 3.8) is 0 Å². The van der Waals surface area contributed by atoms with Crippen molar-refractivity contribution in [2.24, 2.45) is 0 Å². The summed E-state index contributed by atoms with van der Waals surface area (Å²) in [6, 6.07) is 7.09. The zero-order chi connectivity index (χ0) is 16.5. The highest BCUT2D eigenvalue weighted by Crippen LogP contribution is 2.21. The molecule has 1 unspecified atom stereocenters. The Hall–Kier alpha value is -2.04. The summed E-state index contributed by atoms with van der Waals surface area (Å²) in [5.74, 6) is 0.629. The summed E-state index contributed by atoms with van der Waals surface area (Å²) in [7, 11) is 3.41. The molecule has 1 aromatic carbocycles. The van der Waals surface area contributed by atoms with E-state index >= 15 is 0 Å². The quantitative estimate of drug-likeness (QED) is 0.803. The first kappa shape index (κ1) is 18.0. The largest absolute Gasteiger partial charge is 0.497 e. The fourth-order valence-electron chi connectivity index (χ4n) is 2.18. The molecule has 0 spiro atoms. The van der Waals surface area contributed by atoms with Crippen LogP contribution in [-0.4, -0.2) is 37.4 Å². The van der Waals surface area contributed by atoms with E-state index in [4.69, 9.17) is 4.74 Å². The average Bonchev–Trinajstić information content (AvgIpc) is 2.51. The molecule has 2 amide bonds. The lowest BCUT2D eigenvalue weighted by Crippen LogP contribution is -2.34. The number of carbonyl (C=O) groups is 2. The van der Waals surface area contributed by atoms with Gasteiger partial charge in [0, 0.05) is 20.5 Å². The second-order valence-electron chi connectivity index (χ2n) is 5.40. The van der Waals surface area contributed by atoms with Crippen molar-refractivity contribution in [2.45, 2.75) is 39.2 Å². The fourth-order valence-corrected chi connectivity index (χ4v) is 2.18. The Bertz CT molecular complexity index is 485.